The Morgan fingerprint density at radius 3 is 2.61 bits per heavy atom. The molecule has 2 bridgehead atoms. The minimum atomic E-state index is -4.44. The number of hydrogen-bond acceptors (Lipinski definition) is 5. The number of fused-ring (bicyclic) bond motifs is 2. The molecule has 6 nitrogen and oxygen atoms in total. The number of nitrogens with zero attached hydrogens (tertiary/aromatic N) is 4. The molecule has 168 valence electrons. The number of nitrogens with one attached hydrogen (secondary N) is 1. The van der Waals surface area contributed by atoms with Crippen LogP contribution in [0.25, 0.3) is 11.3 Å². The van der Waals surface area contributed by atoms with E-state index in [0.29, 0.717) is 29.3 Å². The molecule has 1 fully saturated rings. The van der Waals surface area contributed by atoms with E-state index >= 15 is 0 Å². The van der Waals surface area contributed by atoms with Gasteiger partial charge in [0.15, 0.2) is 0 Å². The van der Waals surface area contributed by atoms with E-state index < -0.39 is 11.7 Å². The standard InChI is InChI=1S/C24H20F3N5O/c1-14-7-9-29-22(21(14)17-4-2-3-8-28-17)23(33)32-13-15-10-18(19(32)11-15)31-20-6-5-16(12-30-20)24(25,26)27/h2-10,12,15,19H,11,13H2,1H3,(H,30,31). The Hall–Kier alpha value is -3.75. The molecule has 2 unspecified atom stereocenters. The molecule has 1 aliphatic carbocycles. The molecule has 1 amide bonds. The van der Waals surface area contributed by atoms with Gasteiger partial charge in [-0.05, 0) is 55.2 Å². The van der Waals surface area contributed by atoms with Crippen LogP contribution < -0.4 is 5.32 Å². The molecule has 0 spiro atoms. The molecule has 1 saturated heterocycles. The predicted octanol–water partition coefficient (Wildman–Crippen LogP) is 4.71. The summed E-state index contributed by atoms with van der Waals surface area (Å²) < 4.78 is 38.4. The average Bonchev–Trinajstić information content (AvgIpc) is 3.39. The van der Waals surface area contributed by atoms with Crippen molar-refractivity contribution in [3.8, 4) is 11.3 Å². The molecule has 3 aromatic heterocycles. The highest BCUT2D eigenvalue weighted by molar-refractivity contribution is 6.00. The van der Waals surface area contributed by atoms with Gasteiger partial charge >= 0.3 is 6.18 Å². The third kappa shape index (κ3) is 3.94. The Balaban J connectivity index is 1.39. The molecule has 1 N–H and O–H groups in total. The topological polar surface area (TPSA) is 71.0 Å². The lowest BCUT2D eigenvalue weighted by Crippen LogP contribution is -2.40. The highest BCUT2D eigenvalue weighted by Crippen LogP contribution is 2.39. The maximum Gasteiger partial charge on any atom is 0.417 e. The molecule has 1 aliphatic heterocycles. The van der Waals surface area contributed by atoms with E-state index in [-0.39, 0.29) is 17.9 Å². The highest BCUT2D eigenvalue weighted by Gasteiger charge is 2.43. The van der Waals surface area contributed by atoms with Crippen LogP contribution in [-0.2, 0) is 6.18 Å². The SMILES string of the molecule is Cc1ccnc(C(=O)N2CC3C=C(Nc4ccc(C(F)(F)F)cn4)C2C3)c1-c1ccccn1. The van der Waals surface area contributed by atoms with Crippen molar-refractivity contribution in [3.63, 3.8) is 0 Å². The van der Waals surface area contributed by atoms with Crippen molar-refractivity contribution < 1.29 is 18.0 Å². The van der Waals surface area contributed by atoms with Crippen LogP contribution in [0, 0.1) is 12.8 Å². The largest absolute Gasteiger partial charge is 0.417 e. The van der Waals surface area contributed by atoms with Gasteiger partial charge in [-0.15, -0.1) is 0 Å². The first-order valence-electron chi connectivity index (χ1n) is 10.5. The quantitative estimate of drug-likeness (QED) is 0.622. The van der Waals surface area contributed by atoms with E-state index in [0.717, 1.165) is 29.9 Å². The number of aromatic nitrogens is 3. The van der Waals surface area contributed by atoms with Crippen LogP contribution in [0.3, 0.4) is 0 Å². The number of hydrogen-bond donors (Lipinski definition) is 1. The van der Waals surface area contributed by atoms with Crippen molar-refractivity contribution in [2.45, 2.75) is 25.6 Å². The van der Waals surface area contributed by atoms with Gasteiger partial charge in [-0.2, -0.15) is 13.2 Å². The Kier molecular flexibility index (Phi) is 5.11. The average molecular weight is 451 g/mol. The first kappa shape index (κ1) is 21.1. The van der Waals surface area contributed by atoms with Gasteiger partial charge in [-0.25, -0.2) is 4.98 Å². The smallest absolute Gasteiger partial charge is 0.342 e. The van der Waals surface area contributed by atoms with Gasteiger partial charge in [0, 0.05) is 36.4 Å². The fraction of sp³-hybridized carbons (Fsp3) is 0.250. The van der Waals surface area contributed by atoms with Crippen LogP contribution in [0.4, 0.5) is 19.0 Å². The Labute approximate surface area is 188 Å². The van der Waals surface area contributed by atoms with Gasteiger partial charge in [-0.1, -0.05) is 12.1 Å². The zero-order valence-corrected chi connectivity index (χ0v) is 17.7. The number of carbonyl (C=O) groups excluding carboxylic acids is 1. The van der Waals surface area contributed by atoms with Crippen LogP contribution in [0.15, 0.2) is 66.8 Å². The lowest BCUT2D eigenvalue weighted by Gasteiger charge is -2.29. The summed E-state index contributed by atoms with van der Waals surface area (Å²) in [5.74, 6) is 0.274. The van der Waals surface area contributed by atoms with Crippen molar-refractivity contribution in [3.05, 3.63) is 83.6 Å². The van der Waals surface area contributed by atoms with Crippen molar-refractivity contribution in [2.75, 3.05) is 11.9 Å². The zero-order chi connectivity index (χ0) is 23.2. The number of rotatable bonds is 4. The molecule has 4 heterocycles. The van der Waals surface area contributed by atoms with E-state index in [1.54, 1.807) is 17.3 Å². The molecule has 2 aliphatic rings. The van der Waals surface area contributed by atoms with Crippen molar-refractivity contribution >= 4 is 11.7 Å². The van der Waals surface area contributed by atoms with Crippen LogP contribution in [0.5, 0.6) is 0 Å². The number of amides is 1. The second-order valence-electron chi connectivity index (χ2n) is 8.21. The maximum absolute atomic E-state index is 13.6. The molecule has 33 heavy (non-hydrogen) atoms. The summed E-state index contributed by atoms with van der Waals surface area (Å²) in [5, 5.41) is 3.10. The van der Waals surface area contributed by atoms with Gasteiger partial charge in [-0.3, -0.25) is 14.8 Å². The number of likely N-dealkylation sites (tertiary alicyclic amines) is 1. The molecular formula is C24H20F3N5O. The number of aryl methyl sites for hydroxylation is 1. The second kappa shape index (κ2) is 7.99. The Morgan fingerprint density at radius 2 is 1.94 bits per heavy atom. The lowest BCUT2D eigenvalue weighted by molar-refractivity contribution is -0.137. The monoisotopic (exact) mass is 451 g/mol. The first-order chi connectivity index (χ1) is 15.8. The van der Waals surface area contributed by atoms with Gasteiger partial charge in [0.2, 0.25) is 0 Å². The Bertz CT molecular complexity index is 1230. The molecule has 9 heteroatoms. The summed E-state index contributed by atoms with van der Waals surface area (Å²) in [6, 6.07) is 9.44. The van der Waals surface area contributed by atoms with Crippen molar-refractivity contribution in [1.29, 1.82) is 0 Å². The highest BCUT2D eigenvalue weighted by atomic mass is 19.4. The van der Waals surface area contributed by atoms with Crippen LogP contribution in [0.2, 0.25) is 0 Å². The maximum atomic E-state index is 13.6. The summed E-state index contributed by atoms with van der Waals surface area (Å²) in [5.41, 5.74) is 2.58. The predicted molar refractivity (Wildman–Crippen MR) is 116 cm³/mol. The minimum absolute atomic E-state index is 0.166. The van der Waals surface area contributed by atoms with Gasteiger partial charge in [0.05, 0.1) is 17.3 Å². The summed E-state index contributed by atoms with van der Waals surface area (Å²) >= 11 is 0. The first-order valence-corrected chi connectivity index (χ1v) is 10.5. The molecule has 0 aromatic carbocycles. The lowest BCUT2D eigenvalue weighted by atomic mass is 10.0. The molecule has 0 saturated carbocycles. The fourth-order valence-corrected chi connectivity index (χ4v) is 4.47. The Morgan fingerprint density at radius 1 is 1.09 bits per heavy atom. The number of alkyl halides is 3. The van der Waals surface area contributed by atoms with Gasteiger partial charge in [0.1, 0.15) is 11.5 Å². The van der Waals surface area contributed by atoms with E-state index in [1.807, 2.05) is 37.3 Å². The summed E-state index contributed by atoms with van der Waals surface area (Å²) in [4.78, 5) is 28.0. The normalized spacial score (nSPS) is 19.5. The summed E-state index contributed by atoms with van der Waals surface area (Å²) in [6.45, 7) is 2.48. The van der Waals surface area contributed by atoms with Gasteiger partial charge in [0.25, 0.3) is 5.91 Å². The zero-order valence-electron chi connectivity index (χ0n) is 17.7. The van der Waals surface area contributed by atoms with Crippen molar-refractivity contribution in [1.82, 2.24) is 19.9 Å². The summed E-state index contributed by atoms with van der Waals surface area (Å²) in [6.07, 6.45) is 2.43. The van der Waals surface area contributed by atoms with E-state index in [4.69, 9.17) is 0 Å². The third-order valence-corrected chi connectivity index (χ3v) is 6.01. The number of carbonyl (C=O) groups is 1. The van der Waals surface area contributed by atoms with Crippen molar-refractivity contribution in [2.24, 2.45) is 5.92 Å². The van der Waals surface area contributed by atoms with Crippen LogP contribution >= 0.6 is 0 Å². The molecule has 3 aromatic rings. The van der Waals surface area contributed by atoms with E-state index in [9.17, 15) is 18.0 Å². The molecular weight excluding hydrogens is 431 g/mol. The second-order valence-corrected chi connectivity index (χ2v) is 8.21. The van der Waals surface area contributed by atoms with E-state index in [2.05, 4.69) is 20.3 Å². The van der Waals surface area contributed by atoms with Crippen LogP contribution in [0.1, 0.15) is 28.0 Å². The number of halogens is 3. The molecule has 0 radical (unpaired) electrons. The molecule has 2 atom stereocenters. The minimum Gasteiger partial charge on any atom is -0.342 e. The molecule has 5 rings (SSSR count). The van der Waals surface area contributed by atoms with E-state index in [1.165, 1.54) is 6.07 Å². The fourth-order valence-electron chi connectivity index (χ4n) is 4.47. The van der Waals surface area contributed by atoms with Crippen LogP contribution in [-0.4, -0.2) is 38.3 Å². The number of pyridine rings is 3. The van der Waals surface area contributed by atoms with Gasteiger partial charge < -0.3 is 10.2 Å². The third-order valence-electron chi connectivity index (χ3n) is 6.01. The number of anilines is 1. The summed E-state index contributed by atoms with van der Waals surface area (Å²) in [7, 11) is 0.